The molecule has 1 unspecified atom stereocenters. The molecule has 0 radical (unpaired) electrons. The molecule has 0 amide bonds. The molecule has 0 fully saturated rings. The van der Waals surface area contributed by atoms with E-state index in [0.29, 0.717) is 17.2 Å². The minimum Gasteiger partial charge on any atom is -0.452 e. The van der Waals surface area contributed by atoms with Crippen LogP contribution in [0.2, 0.25) is 0 Å². The summed E-state index contributed by atoms with van der Waals surface area (Å²) in [5.74, 6) is -0.935. The highest BCUT2D eigenvalue weighted by Gasteiger charge is 2.54. The Morgan fingerprint density at radius 1 is 1.00 bits per heavy atom. The van der Waals surface area contributed by atoms with Gasteiger partial charge in [0.25, 0.3) is 11.6 Å². The van der Waals surface area contributed by atoms with Gasteiger partial charge in [0.2, 0.25) is 0 Å². The highest BCUT2D eigenvalue weighted by atomic mass is 16.8. The lowest BCUT2D eigenvalue weighted by Crippen LogP contribution is -2.62. The van der Waals surface area contributed by atoms with Gasteiger partial charge in [-0.15, -0.1) is 0 Å². The third-order valence-corrected chi connectivity index (χ3v) is 3.18. The minimum atomic E-state index is -1.04. The van der Waals surface area contributed by atoms with Crippen molar-refractivity contribution in [3.05, 3.63) is 18.2 Å². The van der Waals surface area contributed by atoms with Gasteiger partial charge in [-0.2, -0.15) is 0 Å². The SMILES string of the molecule is COC1(C)Oc2ccc(N)cc2O[C@]1(C)OC. The Kier molecular flexibility index (Phi) is 2.67. The van der Waals surface area contributed by atoms with Crippen molar-refractivity contribution in [3.63, 3.8) is 0 Å². The summed E-state index contributed by atoms with van der Waals surface area (Å²) >= 11 is 0. The minimum absolute atomic E-state index is 0.545. The Morgan fingerprint density at radius 2 is 1.53 bits per heavy atom. The zero-order chi connectivity index (χ0) is 12.7. The maximum atomic E-state index is 5.80. The summed E-state index contributed by atoms with van der Waals surface area (Å²) in [5.41, 5.74) is 6.31. The Balaban J connectivity index is 2.47. The van der Waals surface area contributed by atoms with Gasteiger partial charge in [-0.25, -0.2) is 0 Å². The zero-order valence-corrected chi connectivity index (χ0v) is 10.4. The second-order valence-corrected chi connectivity index (χ2v) is 4.21. The standard InChI is InChI=1S/C12H17NO4/c1-11(14-3)12(2,15-4)17-10-7-8(13)5-6-9(10)16-11/h5-7H,13H2,1-4H3/t11?,12-/m0/s1. The van der Waals surface area contributed by atoms with Crippen molar-refractivity contribution in [1.29, 1.82) is 0 Å². The number of methoxy groups -OCH3 is 2. The molecule has 1 heterocycles. The molecule has 2 N–H and O–H groups in total. The van der Waals surface area contributed by atoms with Crippen LogP contribution >= 0.6 is 0 Å². The van der Waals surface area contributed by atoms with E-state index < -0.39 is 11.6 Å². The van der Waals surface area contributed by atoms with Crippen molar-refractivity contribution in [3.8, 4) is 11.5 Å². The van der Waals surface area contributed by atoms with E-state index >= 15 is 0 Å². The number of anilines is 1. The molecule has 1 aromatic carbocycles. The van der Waals surface area contributed by atoms with Gasteiger partial charge in [-0.05, 0) is 12.1 Å². The number of hydrogen-bond donors (Lipinski definition) is 1. The van der Waals surface area contributed by atoms with Gasteiger partial charge >= 0.3 is 0 Å². The maximum Gasteiger partial charge on any atom is 0.273 e. The molecular weight excluding hydrogens is 222 g/mol. The summed E-state index contributed by atoms with van der Waals surface area (Å²) in [6.07, 6.45) is 0. The molecule has 5 nitrogen and oxygen atoms in total. The molecular formula is C12H17NO4. The van der Waals surface area contributed by atoms with E-state index in [2.05, 4.69) is 0 Å². The Morgan fingerprint density at radius 3 is 2.06 bits per heavy atom. The summed E-state index contributed by atoms with van der Waals surface area (Å²) in [7, 11) is 3.08. The average Bonchev–Trinajstić information content (AvgIpc) is 2.31. The number of hydrogen-bond acceptors (Lipinski definition) is 5. The molecule has 0 saturated carbocycles. The van der Waals surface area contributed by atoms with Gasteiger partial charge in [0.05, 0.1) is 0 Å². The fourth-order valence-corrected chi connectivity index (χ4v) is 1.75. The molecule has 17 heavy (non-hydrogen) atoms. The number of ether oxygens (including phenoxy) is 4. The van der Waals surface area contributed by atoms with Crippen LogP contribution in [0, 0.1) is 0 Å². The van der Waals surface area contributed by atoms with Crippen LogP contribution in [0.25, 0.3) is 0 Å². The van der Waals surface area contributed by atoms with Crippen molar-refractivity contribution in [2.24, 2.45) is 0 Å². The summed E-state index contributed by atoms with van der Waals surface area (Å²) in [4.78, 5) is 0. The highest BCUT2D eigenvalue weighted by Crippen LogP contribution is 2.44. The van der Waals surface area contributed by atoms with Crippen LogP contribution in [-0.4, -0.2) is 25.8 Å². The molecule has 0 saturated heterocycles. The lowest BCUT2D eigenvalue weighted by molar-refractivity contribution is -0.345. The summed E-state index contributed by atoms with van der Waals surface area (Å²) < 4.78 is 22.3. The molecule has 94 valence electrons. The number of nitrogen functional groups attached to an aromatic ring is 1. The first-order chi connectivity index (χ1) is 7.94. The molecule has 5 heteroatoms. The maximum absolute atomic E-state index is 5.80. The van der Waals surface area contributed by atoms with Gasteiger partial charge in [0.1, 0.15) is 0 Å². The normalized spacial score (nSPS) is 31.3. The molecule has 1 aromatic rings. The number of nitrogens with two attached hydrogens (primary N) is 1. The first-order valence-corrected chi connectivity index (χ1v) is 5.32. The van der Waals surface area contributed by atoms with Crippen molar-refractivity contribution in [2.75, 3.05) is 20.0 Å². The number of rotatable bonds is 2. The first kappa shape index (κ1) is 12.0. The van der Waals surface area contributed by atoms with Crippen molar-refractivity contribution < 1.29 is 18.9 Å². The van der Waals surface area contributed by atoms with E-state index in [-0.39, 0.29) is 0 Å². The fraction of sp³-hybridized carbons (Fsp3) is 0.500. The fourth-order valence-electron chi connectivity index (χ4n) is 1.75. The smallest absolute Gasteiger partial charge is 0.273 e. The topological polar surface area (TPSA) is 62.9 Å². The molecule has 0 aromatic heterocycles. The quantitative estimate of drug-likeness (QED) is 0.797. The van der Waals surface area contributed by atoms with E-state index in [9.17, 15) is 0 Å². The summed E-state index contributed by atoms with van der Waals surface area (Å²) in [6, 6.07) is 5.19. The van der Waals surface area contributed by atoms with E-state index in [0.717, 1.165) is 0 Å². The Labute approximate surface area is 100 Å². The van der Waals surface area contributed by atoms with Crippen LogP contribution in [0.4, 0.5) is 5.69 Å². The number of fused-ring (bicyclic) bond motifs is 1. The van der Waals surface area contributed by atoms with Crippen LogP contribution < -0.4 is 15.2 Å². The van der Waals surface area contributed by atoms with Gasteiger partial charge in [-0.1, -0.05) is 0 Å². The molecule has 0 aliphatic carbocycles. The lowest BCUT2D eigenvalue weighted by Gasteiger charge is -2.46. The average molecular weight is 239 g/mol. The van der Waals surface area contributed by atoms with Crippen molar-refractivity contribution >= 4 is 5.69 Å². The molecule has 1 aliphatic rings. The van der Waals surface area contributed by atoms with Crippen molar-refractivity contribution in [2.45, 2.75) is 25.4 Å². The summed E-state index contributed by atoms with van der Waals surface area (Å²) in [5, 5.41) is 0. The predicted octanol–water partition coefficient (Wildman–Crippen LogP) is 1.77. The van der Waals surface area contributed by atoms with Gasteiger partial charge in [0, 0.05) is 39.8 Å². The van der Waals surface area contributed by atoms with E-state index in [1.54, 1.807) is 39.2 Å². The van der Waals surface area contributed by atoms with E-state index in [4.69, 9.17) is 24.7 Å². The van der Waals surface area contributed by atoms with E-state index in [1.807, 2.05) is 0 Å². The molecule has 1 aliphatic heterocycles. The van der Waals surface area contributed by atoms with Crippen LogP contribution in [0.1, 0.15) is 13.8 Å². The monoisotopic (exact) mass is 239 g/mol. The van der Waals surface area contributed by atoms with Crippen LogP contribution in [0.5, 0.6) is 11.5 Å². The van der Waals surface area contributed by atoms with Crippen LogP contribution in [-0.2, 0) is 9.47 Å². The van der Waals surface area contributed by atoms with Crippen molar-refractivity contribution in [1.82, 2.24) is 0 Å². The highest BCUT2D eigenvalue weighted by molar-refractivity contribution is 5.53. The third kappa shape index (κ3) is 1.71. The third-order valence-electron chi connectivity index (χ3n) is 3.18. The second kappa shape index (κ2) is 3.78. The lowest BCUT2D eigenvalue weighted by atomic mass is 10.1. The zero-order valence-electron chi connectivity index (χ0n) is 10.4. The number of benzene rings is 1. The Bertz CT molecular complexity index is 437. The molecule has 2 rings (SSSR count). The van der Waals surface area contributed by atoms with Gasteiger partial charge in [-0.3, -0.25) is 0 Å². The van der Waals surface area contributed by atoms with E-state index in [1.165, 1.54) is 7.11 Å². The summed E-state index contributed by atoms with van der Waals surface area (Å²) in [6.45, 7) is 3.51. The van der Waals surface area contributed by atoms with Crippen LogP contribution in [0.3, 0.4) is 0 Å². The van der Waals surface area contributed by atoms with Gasteiger partial charge in [0.15, 0.2) is 11.5 Å². The van der Waals surface area contributed by atoms with Crippen LogP contribution in [0.15, 0.2) is 18.2 Å². The van der Waals surface area contributed by atoms with Gasteiger partial charge < -0.3 is 24.7 Å². The predicted molar refractivity (Wildman–Crippen MR) is 62.9 cm³/mol. The first-order valence-electron chi connectivity index (χ1n) is 5.32. The Hall–Kier alpha value is -1.46. The molecule has 0 spiro atoms. The second-order valence-electron chi connectivity index (χ2n) is 4.21. The largest absolute Gasteiger partial charge is 0.452 e. The molecule has 2 atom stereocenters. The molecule has 0 bridgehead atoms.